The van der Waals surface area contributed by atoms with Gasteiger partial charge in [0, 0.05) is 26.9 Å². The number of nitrogens with zero attached hydrogens (tertiary/aromatic N) is 1. The molecule has 6 heteroatoms. The molecule has 0 aliphatic heterocycles. The summed E-state index contributed by atoms with van der Waals surface area (Å²) in [5.74, 6) is 0. The van der Waals surface area contributed by atoms with Gasteiger partial charge in [-0.3, -0.25) is 0 Å². The Hall–Kier alpha value is -0.523. The molecule has 0 rings (SSSR count). The number of unbranched alkanes of at least 4 members (excludes halogenated alkanes) is 1. The molecule has 94 valence electrons. The Morgan fingerprint density at radius 3 is 2.44 bits per heavy atom. The Kier molecular flexibility index (Phi) is 9.37. The summed E-state index contributed by atoms with van der Waals surface area (Å²) in [6, 6.07) is 0.675. The van der Waals surface area contributed by atoms with E-state index >= 15 is 0 Å². The molecule has 0 aliphatic rings. The molecule has 0 spiro atoms. The molecule has 0 bridgehead atoms. The molecule has 5 nitrogen and oxygen atoms in total. The van der Waals surface area contributed by atoms with Gasteiger partial charge in [0.2, 0.25) is 6.08 Å². The third-order valence-electron chi connectivity index (χ3n) is 2.26. The zero-order chi connectivity index (χ0) is 12.3. The van der Waals surface area contributed by atoms with Crippen LogP contribution in [0.4, 0.5) is 0 Å². The van der Waals surface area contributed by atoms with Crippen molar-refractivity contribution in [3.8, 4) is 0 Å². The zero-order valence-corrected chi connectivity index (χ0v) is 11.3. The Bertz CT molecular complexity index is 215. The molecule has 0 amide bonds. The van der Waals surface area contributed by atoms with Gasteiger partial charge >= 0.3 is 8.80 Å². The number of hydrogen-bond donors (Lipinski definition) is 0. The maximum atomic E-state index is 9.91. The van der Waals surface area contributed by atoms with E-state index in [9.17, 15) is 4.79 Å². The van der Waals surface area contributed by atoms with Crippen molar-refractivity contribution < 1.29 is 18.1 Å². The number of carbonyl (C=O) groups excluding carboxylic acids is 1. The fraction of sp³-hybridized carbons (Fsp3) is 0.900. The first-order chi connectivity index (χ1) is 7.74. The number of aliphatic imine (C=N–C) groups is 1. The summed E-state index contributed by atoms with van der Waals surface area (Å²) < 4.78 is 16.4. The number of rotatable bonds is 10. The smallest absolute Gasteiger partial charge is 0.377 e. The fourth-order valence-electron chi connectivity index (χ4n) is 1.27. The molecule has 0 atom stereocenters. The third kappa shape index (κ3) is 6.15. The summed E-state index contributed by atoms with van der Waals surface area (Å²) in [6.07, 6.45) is 4.30. The van der Waals surface area contributed by atoms with Crippen molar-refractivity contribution in [1.82, 2.24) is 0 Å². The number of hydrogen-bond acceptors (Lipinski definition) is 5. The van der Waals surface area contributed by atoms with E-state index in [1.807, 2.05) is 0 Å². The Morgan fingerprint density at radius 1 is 1.25 bits per heavy atom. The normalized spacial score (nSPS) is 11.2. The van der Waals surface area contributed by atoms with Crippen LogP contribution in [0.1, 0.15) is 26.2 Å². The van der Waals surface area contributed by atoms with Crippen molar-refractivity contribution in [2.45, 2.75) is 32.2 Å². The lowest BCUT2D eigenvalue weighted by molar-refractivity contribution is 0.0965. The average molecular weight is 247 g/mol. The van der Waals surface area contributed by atoms with Crippen LogP contribution in [-0.4, -0.2) is 42.3 Å². The lowest BCUT2D eigenvalue weighted by Gasteiger charge is -2.26. The van der Waals surface area contributed by atoms with Gasteiger partial charge in [0.1, 0.15) is 0 Å². The Morgan fingerprint density at radius 2 is 1.94 bits per heavy atom. The highest BCUT2D eigenvalue weighted by molar-refractivity contribution is 6.60. The SMILES string of the molecule is CCCCO[Si](CCCN=C=O)(OC)OC. The Balaban J connectivity index is 4.03. The van der Waals surface area contributed by atoms with Crippen LogP contribution < -0.4 is 0 Å². The van der Waals surface area contributed by atoms with E-state index in [-0.39, 0.29) is 0 Å². The molecule has 0 aromatic heterocycles. The molecule has 0 heterocycles. The minimum atomic E-state index is -2.52. The van der Waals surface area contributed by atoms with Gasteiger partial charge in [-0.15, -0.1) is 0 Å². The van der Waals surface area contributed by atoms with Gasteiger partial charge in [-0.1, -0.05) is 13.3 Å². The molecular weight excluding hydrogens is 226 g/mol. The number of isocyanates is 1. The van der Waals surface area contributed by atoms with Crippen LogP contribution in [0.15, 0.2) is 4.99 Å². The van der Waals surface area contributed by atoms with Crippen LogP contribution in [0.25, 0.3) is 0 Å². The summed E-state index contributed by atoms with van der Waals surface area (Å²) in [7, 11) is 0.683. The summed E-state index contributed by atoms with van der Waals surface area (Å²) in [5, 5.41) is 0. The van der Waals surface area contributed by atoms with E-state index in [0.29, 0.717) is 19.2 Å². The predicted molar refractivity (Wildman–Crippen MR) is 63.0 cm³/mol. The lowest BCUT2D eigenvalue weighted by atomic mass is 10.4. The first-order valence-corrected chi connectivity index (χ1v) is 7.45. The molecule has 16 heavy (non-hydrogen) atoms. The monoisotopic (exact) mass is 247 g/mol. The van der Waals surface area contributed by atoms with Crippen molar-refractivity contribution in [1.29, 1.82) is 0 Å². The molecule has 0 unspecified atom stereocenters. The van der Waals surface area contributed by atoms with Gasteiger partial charge < -0.3 is 13.3 Å². The van der Waals surface area contributed by atoms with E-state index < -0.39 is 8.80 Å². The van der Waals surface area contributed by atoms with E-state index in [0.717, 1.165) is 19.3 Å². The molecule has 0 aliphatic carbocycles. The predicted octanol–water partition coefficient (Wildman–Crippen LogP) is 1.76. The second-order valence-corrected chi connectivity index (χ2v) is 6.34. The first kappa shape index (κ1) is 15.5. The highest BCUT2D eigenvalue weighted by atomic mass is 28.4. The zero-order valence-electron chi connectivity index (χ0n) is 10.3. The van der Waals surface area contributed by atoms with Gasteiger partial charge in [-0.2, -0.15) is 0 Å². The van der Waals surface area contributed by atoms with Crippen LogP contribution in [0.5, 0.6) is 0 Å². The quantitative estimate of drug-likeness (QED) is 0.255. The highest BCUT2D eigenvalue weighted by Gasteiger charge is 2.38. The topological polar surface area (TPSA) is 57.1 Å². The van der Waals surface area contributed by atoms with Gasteiger partial charge in [-0.05, 0) is 12.8 Å². The van der Waals surface area contributed by atoms with Crippen molar-refractivity contribution >= 4 is 14.9 Å². The fourth-order valence-corrected chi connectivity index (χ4v) is 3.27. The molecule has 0 aromatic rings. The van der Waals surface area contributed by atoms with Crippen LogP contribution in [0.2, 0.25) is 6.04 Å². The summed E-state index contributed by atoms with van der Waals surface area (Å²) >= 11 is 0. The standard InChI is InChI=1S/C10H21NO4Si/c1-4-5-8-15-16(13-2,14-3)9-6-7-11-10-12/h4-9H2,1-3H3. The van der Waals surface area contributed by atoms with Crippen molar-refractivity contribution in [2.24, 2.45) is 4.99 Å². The van der Waals surface area contributed by atoms with Crippen LogP contribution in [-0.2, 0) is 18.1 Å². The van der Waals surface area contributed by atoms with Crippen molar-refractivity contribution in [3.05, 3.63) is 0 Å². The summed E-state index contributed by atoms with van der Waals surface area (Å²) in [4.78, 5) is 13.4. The second-order valence-electron chi connectivity index (χ2n) is 3.37. The molecule has 0 saturated carbocycles. The molecular formula is C10H21NO4Si. The highest BCUT2D eigenvalue weighted by Crippen LogP contribution is 2.16. The van der Waals surface area contributed by atoms with Gasteiger partial charge in [-0.25, -0.2) is 9.79 Å². The van der Waals surface area contributed by atoms with Crippen LogP contribution in [0, 0.1) is 0 Å². The maximum absolute atomic E-state index is 9.91. The molecule has 0 radical (unpaired) electrons. The minimum Gasteiger partial charge on any atom is -0.377 e. The maximum Gasteiger partial charge on any atom is 0.500 e. The van der Waals surface area contributed by atoms with Crippen LogP contribution >= 0.6 is 0 Å². The van der Waals surface area contributed by atoms with E-state index in [4.69, 9.17) is 13.3 Å². The summed E-state index contributed by atoms with van der Waals surface area (Å²) in [5.41, 5.74) is 0. The lowest BCUT2D eigenvalue weighted by Crippen LogP contribution is -2.44. The first-order valence-electron chi connectivity index (χ1n) is 5.52. The molecule has 0 fully saturated rings. The molecule has 0 N–H and O–H groups in total. The average Bonchev–Trinajstić information content (AvgIpc) is 2.33. The van der Waals surface area contributed by atoms with E-state index in [1.165, 1.54) is 6.08 Å². The Labute approximate surface area is 98.2 Å². The van der Waals surface area contributed by atoms with Crippen LogP contribution in [0.3, 0.4) is 0 Å². The minimum absolute atomic E-state index is 0.447. The second kappa shape index (κ2) is 9.69. The largest absolute Gasteiger partial charge is 0.500 e. The van der Waals surface area contributed by atoms with Crippen molar-refractivity contribution in [3.63, 3.8) is 0 Å². The van der Waals surface area contributed by atoms with E-state index in [2.05, 4.69) is 11.9 Å². The molecule has 0 saturated heterocycles. The van der Waals surface area contributed by atoms with Gasteiger partial charge in [0.25, 0.3) is 0 Å². The third-order valence-corrected chi connectivity index (χ3v) is 5.11. The summed E-state index contributed by atoms with van der Waals surface area (Å²) in [6.45, 7) is 3.20. The van der Waals surface area contributed by atoms with Gasteiger partial charge in [0.15, 0.2) is 0 Å². The van der Waals surface area contributed by atoms with Crippen molar-refractivity contribution in [2.75, 3.05) is 27.4 Å². The molecule has 0 aromatic carbocycles. The van der Waals surface area contributed by atoms with E-state index in [1.54, 1.807) is 14.2 Å². The van der Waals surface area contributed by atoms with Gasteiger partial charge in [0.05, 0.1) is 6.54 Å².